The van der Waals surface area contributed by atoms with Crippen LogP contribution < -0.4 is 4.74 Å². The fourth-order valence-electron chi connectivity index (χ4n) is 4.02. The molecule has 1 aromatic rings. The molecule has 2 atom stereocenters. The second-order valence-electron chi connectivity index (χ2n) is 7.04. The minimum atomic E-state index is -0.256. The molecule has 2 unspecified atom stereocenters. The topological polar surface area (TPSA) is 62.2 Å². The number of hydrogen-bond acceptors (Lipinski definition) is 5. The maximum atomic E-state index is 10.3. The molecule has 0 aromatic heterocycles. The van der Waals surface area contributed by atoms with Crippen molar-refractivity contribution in [2.45, 2.75) is 31.5 Å². The van der Waals surface area contributed by atoms with E-state index < -0.39 is 0 Å². The van der Waals surface area contributed by atoms with Gasteiger partial charge in [-0.1, -0.05) is 24.3 Å². The third-order valence-electron chi connectivity index (χ3n) is 5.73. The molecular weight excluding hydrogens is 318 g/mol. The molecule has 2 aliphatic rings. The third-order valence-corrected chi connectivity index (χ3v) is 5.73. The maximum absolute atomic E-state index is 10.3. The first-order chi connectivity index (χ1) is 12.2. The van der Waals surface area contributed by atoms with Crippen LogP contribution in [0, 0.1) is 5.41 Å². The number of ether oxygens (including phenoxy) is 2. The Bertz CT molecular complexity index is 564. The van der Waals surface area contributed by atoms with Gasteiger partial charge in [-0.05, 0) is 43.6 Å². The molecule has 138 valence electrons. The zero-order valence-electron chi connectivity index (χ0n) is 14.9. The molecule has 1 saturated carbocycles. The molecule has 1 saturated heterocycles. The predicted molar refractivity (Wildman–Crippen MR) is 97.6 cm³/mol. The summed E-state index contributed by atoms with van der Waals surface area (Å²) >= 11 is 0. The lowest BCUT2D eigenvalue weighted by molar-refractivity contribution is -0.212. The van der Waals surface area contributed by atoms with Crippen molar-refractivity contribution in [1.29, 1.82) is 0 Å². The van der Waals surface area contributed by atoms with E-state index in [0.717, 1.165) is 38.2 Å². The third kappa shape index (κ3) is 4.06. The Labute approximate surface area is 149 Å². The lowest BCUT2D eigenvalue weighted by atomic mass is 9.58. The number of methoxy groups -OCH3 is 1. The van der Waals surface area contributed by atoms with E-state index in [4.69, 9.17) is 14.6 Å². The fourth-order valence-corrected chi connectivity index (χ4v) is 4.02. The van der Waals surface area contributed by atoms with Crippen molar-refractivity contribution < 1.29 is 19.7 Å². The normalized spacial score (nSPS) is 26.0. The van der Waals surface area contributed by atoms with Crippen molar-refractivity contribution in [3.05, 3.63) is 35.9 Å². The second-order valence-corrected chi connectivity index (χ2v) is 7.04. The number of hydrogen-bond donors (Lipinski definition) is 2. The second kappa shape index (κ2) is 8.32. The highest BCUT2D eigenvalue weighted by molar-refractivity contribution is 5.50. The van der Waals surface area contributed by atoms with Gasteiger partial charge in [-0.15, -0.1) is 0 Å². The zero-order valence-corrected chi connectivity index (χ0v) is 14.9. The summed E-state index contributed by atoms with van der Waals surface area (Å²) < 4.78 is 10.9. The summed E-state index contributed by atoms with van der Waals surface area (Å²) in [6.07, 6.45) is 6.80. The predicted octanol–water partition coefficient (Wildman–Crippen LogP) is 1.93. The highest BCUT2D eigenvalue weighted by Crippen LogP contribution is 2.50. The number of piperidine rings is 1. The van der Waals surface area contributed by atoms with Gasteiger partial charge in [-0.3, -0.25) is 4.90 Å². The van der Waals surface area contributed by atoms with E-state index in [1.807, 2.05) is 24.3 Å². The SMILES string of the molecule is COc1ccc(C=CCN2CCC3(CC2)C(O)CC3OCCO)cc1. The largest absolute Gasteiger partial charge is 0.497 e. The van der Waals surface area contributed by atoms with E-state index >= 15 is 0 Å². The van der Waals surface area contributed by atoms with Gasteiger partial charge >= 0.3 is 0 Å². The summed E-state index contributed by atoms with van der Waals surface area (Å²) in [5.41, 5.74) is 1.08. The Hall–Kier alpha value is -1.40. The molecule has 3 rings (SSSR count). The van der Waals surface area contributed by atoms with E-state index in [1.165, 1.54) is 5.56 Å². The molecular formula is C20H29NO4. The van der Waals surface area contributed by atoms with Crippen LogP contribution in [0.15, 0.2) is 30.3 Å². The number of nitrogens with zero attached hydrogens (tertiary/aromatic N) is 1. The lowest BCUT2D eigenvalue weighted by Crippen LogP contribution is -2.62. The average Bonchev–Trinajstić information content (AvgIpc) is 2.66. The first-order valence-electron chi connectivity index (χ1n) is 9.11. The lowest BCUT2D eigenvalue weighted by Gasteiger charge is -2.56. The minimum absolute atomic E-state index is 0.0466. The quantitative estimate of drug-likeness (QED) is 0.789. The Morgan fingerprint density at radius 1 is 1.24 bits per heavy atom. The van der Waals surface area contributed by atoms with Crippen molar-refractivity contribution in [1.82, 2.24) is 4.90 Å². The van der Waals surface area contributed by atoms with Gasteiger partial charge in [0.2, 0.25) is 0 Å². The van der Waals surface area contributed by atoms with Gasteiger partial charge in [0, 0.05) is 18.4 Å². The molecule has 1 heterocycles. The number of likely N-dealkylation sites (tertiary alicyclic amines) is 1. The Morgan fingerprint density at radius 2 is 1.96 bits per heavy atom. The van der Waals surface area contributed by atoms with Gasteiger partial charge in [0.05, 0.1) is 32.5 Å². The van der Waals surface area contributed by atoms with E-state index in [-0.39, 0.29) is 24.2 Å². The number of benzene rings is 1. The van der Waals surface area contributed by atoms with Crippen LogP contribution >= 0.6 is 0 Å². The van der Waals surface area contributed by atoms with Crippen LogP contribution in [-0.4, -0.2) is 67.3 Å². The Morgan fingerprint density at radius 3 is 2.56 bits per heavy atom. The molecule has 2 N–H and O–H groups in total. The van der Waals surface area contributed by atoms with Crippen molar-refractivity contribution in [3.8, 4) is 5.75 Å². The molecule has 0 bridgehead atoms. The summed E-state index contributed by atoms with van der Waals surface area (Å²) in [4.78, 5) is 2.42. The standard InChI is InChI=1S/C20H29NO4/c1-24-17-6-4-16(5-7-17)3-2-10-21-11-8-20(9-12-21)18(23)15-19(20)25-14-13-22/h2-7,18-19,22-23H,8-15H2,1H3. The first kappa shape index (κ1) is 18.4. The van der Waals surface area contributed by atoms with Gasteiger partial charge < -0.3 is 19.7 Å². The molecule has 1 aliphatic heterocycles. The van der Waals surface area contributed by atoms with Crippen molar-refractivity contribution >= 4 is 6.08 Å². The van der Waals surface area contributed by atoms with Crippen molar-refractivity contribution in [2.75, 3.05) is 40.0 Å². The number of aliphatic hydroxyl groups is 2. The summed E-state index contributed by atoms with van der Waals surface area (Å²) in [6.45, 7) is 3.28. The van der Waals surface area contributed by atoms with E-state index in [9.17, 15) is 5.11 Å². The molecule has 1 aromatic carbocycles. The highest BCUT2D eigenvalue weighted by atomic mass is 16.5. The molecule has 25 heavy (non-hydrogen) atoms. The molecule has 1 spiro atoms. The van der Waals surface area contributed by atoms with Crippen LogP contribution in [0.4, 0.5) is 0 Å². The summed E-state index contributed by atoms with van der Waals surface area (Å²) in [6, 6.07) is 8.03. The fraction of sp³-hybridized carbons (Fsp3) is 0.600. The van der Waals surface area contributed by atoms with Gasteiger partial charge in [-0.25, -0.2) is 0 Å². The van der Waals surface area contributed by atoms with Crippen LogP contribution in [-0.2, 0) is 4.74 Å². The van der Waals surface area contributed by atoms with Crippen molar-refractivity contribution in [2.24, 2.45) is 5.41 Å². The van der Waals surface area contributed by atoms with E-state index in [0.29, 0.717) is 13.0 Å². The van der Waals surface area contributed by atoms with Crippen LogP contribution in [0.2, 0.25) is 0 Å². The van der Waals surface area contributed by atoms with Crippen LogP contribution in [0.25, 0.3) is 6.08 Å². The molecule has 5 nitrogen and oxygen atoms in total. The molecule has 5 heteroatoms. The Kier molecular flexibility index (Phi) is 6.12. The van der Waals surface area contributed by atoms with Gasteiger partial charge in [0.25, 0.3) is 0 Å². The minimum Gasteiger partial charge on any atom is -0.497 e. The first-order valence-corrected chi connectivity index (χ1v) is 9.11. The monoisotopic (exact) mass is 347 g/mol. The zero-order chi connectivity index (χ0) is 17.7. The Balaban J connectivity index is 1.46. The van der Waals surface area contributed by atoms with Crippen LogP contribution in [0.5, 0.6) is 5.75 Å². The summed E-state index contributed by atoms with van der Waals surface area (Å²) in [5.74, 6) is 0.871. The van der Waals surface area contributed by atoms with Crippen LogP contribution in [0.1, 0.15) is 24.8 Å². The molecule has 0 amide bonds. The van der Waals surface area contributed by atoms with Gasteiger partial charge in [-0.2, -0.15) is 0 Å². The molecule has 1 aliphatic carbocycles. The maximum Gasteiger partial charge on any atom is 0.118 e. The molecule has 2 fully saturated rings. The summed E-state index contributed by atoms with van der Waals surface area (Å²) in [5, 5.41) is 19.2. The summed E-state index contributed by atoms with van der Waals surface area (Å²) in [7, 11) is 1.67. The van der Waals surface area contributed by atoms with Crippen molar-refractivity contribution in [3.63, 3.8) is 0 Å². The highest BCUT2D eigenvalue weighted by Gasteiger charge is 2.55. The van der Waals surface area contributed by atoms with E-state index in [1.54, 1.807) is 7.11 Å². The number of rotatable bonds is 7. The number of aliphatic hydroxyl groups excluding tert-OH is 2. The van der Waals surface area contributed by atoms with Crippen LogP contribution in [0.3, 0.4) is 0 Å². The average molecular weight is 347 g/mol. The molecule has 0 radical (unpaired) electrons. The van der Waals surface area contributed by atoms with E-state index in [2.05, 4.69) is 17.1 Å². The van der Waals surface area contributed by atoms with Gasteiger partial charge in [0.15, 0.2) is 0 Å². The van der Waals surface area contributed by atoms with Gasteiger partial charge in [0.1, 0.15) is 5.75 Å². The smallest absolute Gasteiger partial charge is 0.118 e.